The van der Waals surface area contributed by atoms with Crippen LogP contribution >= 0.6 is 0 Å². The summed E-state index contributed by atoms with van der Waals surface area (Å²) in [4.78, 5) is 7.70. The molecule has 62 heavy (non-hydrogen) atoms. The Morgan fingerprint density at radius 2 is 0.903 bits per heavy atom. The van der Waals surface area contributed by atoms with Gasteiger partial charge in [0.25, 0.3) is 0 Å². The molecule has 0 saturated heterocycles. The minimum Gasteiger partial charge on any atom is -0.340 e. The van der Waals surface area contributed by atoms with Crippen molar-refractivity contribution in [3.05, 3.63) is 276 Å². The molecule has 0 aromatic heterocycles. The number of nitrogens with zero attached hydrogens (tertiary/aromatic N) is 2. The zero-order valence-corrected chi connectivity index (χ0v) is 34.0. The third-order valence-electron chi connectivity index (χ3n) is 12.9. The molecule has 1 atom stereocenters. The topological polar surface area (TPSA) is 27.6 Å². The van der Waals surface area contributed by atoms with E-state index in [1.807, 2.05) is 0 Å². The predicted molar refractivity (Wildman–Crippen MR) is 256 cm³/mol. The largest absolute Gasteiger partial charge is 0.340 e. The van der Waals surface area contributed by atoms with Gasteiger partial charge < -0.3 is 10.2 Å². The van der Waals surface area contributed by atoms with Crippen LogP contribution in [0.2, 0.25) is 0 Å². The van der Waals surface area contributed by atoms with Crippen molar-refractivity contribution in [1.29, 1.82) is 0 Å². The van der Waals surface area contributed by atoms with Crippen molar-refractivity contribution in [1.82, 2.24) is 5.32 Å². The van der Waals surface area contributed by atoms with Crippen LogP contribution in [-0.4, -0.2) is 5.84 Å². The molecule has 9 aromatic carbocycles. The highest BCUT2D eigenvalue weighted by Gasteiger charge is 2.51. The zero-order valence-electron chi connectivity index (χ0n) is 34.0. The number of fused-ring (bicyclic) bond motifs is 9. The van der Waals surface area contributed by atoms with Crippen LogP contribution in [0.5, 0.6) is 0 Å². The molecule has 0 saturated carbocycles. The van der Waals surface area contributed by atoms with E-state index in [9.17, 15) is 0 Å². The molecule has 3 heteroatoms. The number of hydrogen-bond acceptors (Lipinski definition) is 3. The molecule has 1 aliphatic carbocycles. The Labute approximate surface area is 362 Å². The van der Waals surface area contributed by atoms with Crippen LogP contribution < -0.4 is 10.2 Å². The Bertz CT molecular complexity index is 3160. The second kappa shape index (κ2) is 14.6. The minimum atomic E-state index is -0.483. The van der Waals surface area contributed by atoms with Gasteiger partial charge in [-0.1, -0.05) is 194 Å². The van der Waals surface area contributed by atoms with Crippen LogP contribution in [0.3, 0.4) is 0 Å². The van der Waals surface area contributed by atoms with E-state index in [2.05, 4.69) is 247 Å². The van der Waals surface area contributed by atoms with Crippen molar-refractivity contribution in [3.8, 4) is 33.4 Å². The first-order valence-corrected chi connectivity index (χ1v) is 21.4. The zero-order chi connectivity index (χ0) is 41.0. The fraction of sp³-hybridized carbons (Fsp3) is 0.0339. The van der Waals surface area contributed by atoms with Gasteiger partial charge in [0, 0.05) is 16.9 Å². The van der Waals surface area contributed by atoms with Gasteiger partial charge in [-0.25, -0.2) is 0 Å². The maximum atomic E-state index is 5.26. The fourth-order valence-electron chi connectivity index (χ4n) is 10.1. The quantitative estimate of drug-likeness (QED) is 0.182. The summed E-state index contributed by atoms with van der Waals surface area (Å²) in [6, 6.07) is 83.6. The van der Waals surface area contributed by atoms with E-state index >= 15 is 0 Å². The lowest BCUT2D eigenvalue weighted by molar-refractivity contribution is 0.753. The van der Waals surface area contributed by atoms with Crippen LogP contribution in [0.4, 0.5) is 17.1 Å². The summed E-state index contributed by atoms with van der Waals surface area (Å²) in [6.45, 7) is 0. The van der Waals surface area contributed by atoms with Gasteiger partial charge in [-0.3, -0.25) is 4.99 Å². The highest BCUT2D eigenvalue weighted by molar-refractivity contribution is 6.05. The van der Waals surface area contributed by atoms with E-state index in [0.717, 1.165) is 33.9 Å². The first-order valence-electron chi connectivity index (χ1n) is 21.4. The van der Waals surface area contributed by atoms with Gasteiger partial charge in [-0.15, -0.1) is 0 Å². The monoisotopic (exact) mass is 791 g/mol. The molecule has 12 rings (SSSR count). The maximum Gasteiger partial charge on any atom is 0.133 e. The number of benzene rings is 9. The van der Waals surface area contributed by atoms with Crippen molar-refractivity contribution in [3.63, 3.8) is 0 Å². The van der Waals surface area contributed by atoms with Crippen LogP contribution in [0.1, 0.15) is 45.0 Å². The normalized spacial score (nSPS) is 15.4. The summed E-state index contributed by atoms with van der Waals surface area (Å²) >= 11 is 0. The molecule has 0 bridgehead atoms. The third kappa shape index (κ3) is 5.70. The van der Waals surface area contributed by atoms with E-state index in [0.29, 0.717) is 0 Å². The number of anilines is 3. The van der Waals surface area contributed by atoms with Gasteiger partial charge >= 0.3 is 0 Å². The molecular formula is C59H41N3. The molecule has 0 amide bonds. The van der Waals surface area contributed by atoms with Gasteiger partial charge in [0.1, 0.15) is 5.84 Å². The SMILES string of the molecule is C1=C(c2cccc(-c3ccc4c(c3)-c3ccccc3C43c4ccccc4N(c4ccccc4)c4ccccc43)c2)NC(c2ccc(-c3ccccc3)cc2)=NC1c1ccccc1. The number of aliphatic imine (C=N–C) groups is 1. The van der Waals surface area contributed by atoms with E-state index in [4.69, 9.17) is 4.99 Å². The summed E-state index contributed by atoms with van der Waals surface area (Å²) < 4.78 is 0. The Kier molecular flexibility index (Phi) is 8.46. The van der Waals surface area contributed by atoms with E-state index < -0.39 is 5.41 Å². The lowest BCUT2D eigenvalue weighted by Gasteiger charge is -2.45. The summed E-state index contributed by atoms with van der Waals surface area (Å²) in [5.74, 6) is 0.861. The molecule has 1 unspecified atom stereocenters. The van der Waals surface area contributed by atoms with Crippen molar-refractivity contribution in [2.45, 2.75) is 11.5 Å². The van der Waals surface area contributed by atoms with Crippen LogP contribution in [0, 0.1) is 0 Å². The number of hydrogen-bond donors (Lipinski definition) is 1. The number of nitrogens with one attached hydrogen (secondary N) is 1. The first kappa shape index (κ1) is 35.9. The molecule has 1 N–H and O–H groups in total. The fourth-order valence-corrected chi connectivity index (χ4v) is 10.1. The second-order valence-electron chi connectivity index (χ2n) is 16.3. The van der Waals surface area contributed by atoms with Crippen molar-refractivity contribution < 1.29 is 0 Å². The van der Waals surface area contributed by atoms with Crippen LogP contribution in [-0.2, 0) is 5.41 Å². The first-order chi connectivity index (χ1) is 30.7. The number of para-hydroxylation sites is 3. The molecule has 3 nitrogen and oxygen atoms in total. The Hall–Kier alpha value is -8.01. The molecule has 2 heterocycles. The van der Waals surface area contributed by atoms with Crippen molar-refractivity contribution in [2.24, 2.45) is 4.99 Å². The van der Waals surface area contributed by atoms with Crippen LogP contribution in [0.15, 0.2) is 242 Å². The van der Waals surface area contributed by atoms with E-state index in [1.165, 1.54) is 67.0 Å². The van der Waals surface area contributed by atoms with Gasteiger partial charge in [-0.05, 0) is 109 Å². The Morgan fingerprint density at radius 1 is 0.387 bits per heavy atom. The molecule has 9 aromatic rings. The molecule has 0 fully saturated rings. The highest BCUT2D eigenvalue weighted by Crippen LogP contribution is 2.63. The Balaban J connectivity index is 0.956. The Morgan fingerprint density at radius 3 is 1.63 bits per heavy atom. The summed E-state index contributed by atoms with van der Waals surface area (Å²) in [6.07, 6.45) is 2.26. The maximum absolute atomic E-state index is 5.26. The second-order valence-corrected chi connectivity index (χ2v) is 16.3. The van der Waals surface area contributed by atoms with Gasteiger partial charge in [0.2, 0.25) is 0 Å². The summed E-state index contributed by atoms with van der Waals surface area (Å²) in [5, 5.41) is 3.76. The number of rotatable bonds is 6. The average molecular weight is 792 g/mol. The molecular weight excluding hydrogens is 751 g/mol. The number of amidine groups is 1. The van der Waals surface area contributed by atoms with Crippen LogP contribution in [0.25, 0.3) is 39.1 Å². The molecule has 0 radical (unpaired) electrons. The summed E-state index contributed by atoms with van der Waals surface area (Å²) in [5.41, 5.74) is 19.9. The van der Waals surface area contributed by atoms with Crippen molar-refractivity contribution in [2.75, 3.05) is 4.90 Å². The molecule has 292 valence electrons. The summed E-state index contributed by atoms with van der Waals surface area (Å²) in [7, 11) is 0. The predicted octanol–water partition coefficient (Wildman–Crippen LogP) is 14.3. The van der Waals surface area contributed by atoms with E-state index in [-0.39, 0.29) is 6.04 Å². The average Bonchev–Trinajstić information content (AvgIpc) is 3.65. The lowest BCUT2D eigenvalue weighted by Crippen LogP contribution is -2.36. The van der Waals surface area contributed by atoms with Crippen molar-refractivity contribution >= 4 is 28.6 Å². The molecule has 3 aliphatic rings. The highest BCUT2D eigenvalue weighted by atomic mass is 15.2. The van der Waals surface area contributed by atoms with Gasteiger partial charge in [0.15, 0.2) is 0 Å². The molecule has 2 aliphatic heterocycles. The third-order valence-corrected chi connectivity index (χ3v) is 12.9. The van der Waals surface area contributed by atoms with Gasteiger partial charge in [-0.2, -0.15) is 0 Å². The van der Waals surface area contributed by atoms with Gasteiger partial charge in [0.05, 0.1) is 22.8 Å². The standard InChI is InChI=1S/C59H41N3/c1-4-17-40(18-5-1)41-31-33-43(34-32-41)58-60-54(42-19-6-2-7-20-42)39-55(61-58)46-22-16-21-44(37-46)45-35-36-51-49(38-45)48-25-10-11-26-50(48)59(51)52-27-12-14-29-56(52)62(47-23-8-3-9-24-47)57-30-15-13-28-53(57)59/h1-39,54H,(H,60,61). The lowest BCUT2D eigenvalue weighted by atomic mass is 9.64. The molecule has 1 spiro atoms. The van der Waals surface area contributed by atoms with E-state index in [1.54, 1.807) is 0 Å². The minimum absolute atomic E-state index is 0.133. The smallest absolute Gasteiger partial charge is 0.133 e.